The van der Waals surface area contributed by atoms with E-state index in [0.717, 1.165) is 45.5 Å². The van der Waals surface area contributed by atoms with Gasteiger partial charge in [-0.15, -0.1) is 5.41 Å². The van der Waals surface area contributed by atoms with E-state index in [1.54, 1.807) is 19.2 Å². The molecule has 0 spiro atoms. The Balaban J connectivity index is 0.00000190. The summed E-state index contributed by atoms with van der Waals surface area (Å²) >= 11 is 7.51. The van der Waals surface area contributed by atoms with Crippen LogP contribution in [0.15, 0.2) is 79.0 Å². The predicted molar refractivity (Wildman–Crippen MR) is 141 cm³/mol. The second-order valence-electron chi connectivity index (χ2n) is 8.60. The molecular formula is C28H23ClN2NaO4S-. The topological polar surface area (TPSA) is 98.3 Å². The molecule has 0 bridgehead atoms. The van der Waals surface area contributed by atoms with Crippen molar-refractivity contribution >= 4 is 41.2 Å². The van der Waals surface area contributed by atoms with Crippen LogP contribution in [-0.4, -0.2) is 22.2 Å². The van der Waals surface area contributed by atoms with Gasteiger partial charge in [0.15, 0.2) is 0 Å². The Morgan fingerprint density at radius 2 is 1.62 bits per heavy atom. The van der Waals surface area contributed by atoms with Crippen molar-refractivity contribution in [2.75, 3.05) is 5.32 Å². The Bertz CT molecular complexity index is 1370. The molecule has 1 heterocycles. The fraction of sp³-hybridized carbons (Fsp3) is 0.179. The van der Waals surface area contributed by atoms with E-state index in [9.17, 15) is 9.59 Å². The second-order valence-corrected chi connectivity index (χ2v) is 9.81. The molecule has 5 rings (SSSR count). The van der Waals surface area contributed by atoms with Crippen LogP contribution in [0.1, 0.15) is 37.0 Å². The number of carbonyl (C=O) groups excluding carboxylic acids is 2. The van der Waals surface area contributed by atoms with Crippen LogP contribution in [0.3, 0.4) is 0 Å². The number of aromatic nitrogens is 1. The molecule has 1 aliphatic rings. The van der Waals surface area contributed by atoms with Crippen LogP contribution in [0.25, 0.3) is 21.6 Å². The molecule has 6 nitrogen and oxygen atoms in total. The summed E-state index contributed by atoms with van der Waals surface area (Å²) in [6, 6.07) is 23.5. The monoisotopic (exact) mass is 541 g/mol. The maximum atomic E-state index is 12.5. The average Bonchev–Trinajstić information content (AvgIpc) is 3.56. The smallest absolute Gasteiger partial charge is 0.870 e. The third-order valence-corrected chi connectivity index (χ3v) is 7.49. The van der Waals surface area contributed by atoms with Crippen LogP contribution in [-0.2, 0) is 14.9 Å². The molecule has 1 aromatic heterocycles. The van der Waals surface area contributed by atoms with Crippen LogP contribution in [0.4, 0.5) is 10.5 Å². The minimum atomic E-state index is -0.573. The van der Waals surface area contributed by atoms with Crippen LogP contribution in [0.2, 0.25) is 5.02 Å². The molecule has 37 heavy (non-hydrogen) atoms. The molecule has 0 saturated heterocycles. The number of halogens is 1. The molecule has 3 aromatic carbocycles. The third-order valence-electron chi connectivity index (χ3n) is 6.30. The van der Waals surface area contributed by atoms with E-state index in [0.29, 0.717) is 10.7 Å². The quantitative estimate of drug-likeness (QED) is 0.276. The second kappa shape index (κ2) is 12.3. The Morgan fingerprint density at radius 1 is 1.03 bits per heavy atom. The van der Waals surface area contributed by atoms with Crippen LogP contribution in [0.5, 0.6) is 0 Å². The number of hydrogen-bond acceptors (Lipinski definition) is 6. The average molecular weight is 542 g/mol. The minimum absolute atomic E-state index is 0. The number of amides is 1. The first-order valence-corrected chi connectivity index (χ1v) is 12.4. The Kier molecular flexibility index (Phi) is 9.69. The van der Waals surface area contributed by atoms with E-state index >= 15 is 0 Å². The zero-order valence-corrected chi connectivity index (χ0v) is 24.0. The normalized spacial score (nSPS) is 13.9. The van der Waals surface area contributed by atoms with Gasteiger partial charge in [0.05, 0.1) is 16.8 Å². The molecule has 1 atom stereocenters. The molecule has 0 radical (unpaired) electrons. The van der Waals surface area contributed by atoms with Gasteiger partial charge in [-0.25, -0.2) is 4.79 Å². The van der Waals surface area contributed by atoms with Gasteiger partial charge in [-0.2, -0.15) is 4.37 Å². The van der Waals surface area contributed by atoms with Crippen molar-refractivity contribution in [3.05, 3.63) is 95.1 Å². The summed E-state index contributed by atoms with van der Waals surface area (Å²) in [5.41, 5.74) is 5.05. The predicted octanol–water partition coefficient (Wildman–Crippen LogP) is 4.41. The van der Waals surface area contributed by atoms with Gasteiger partial charge < -0.3 is 15.0 Å². The van der Waals surface area contributed by atoms with Crippen molar-refractivity contribution in [2.45, 2.75) is 31.3 Å². The molecular weight excluding hydrogens is 519 g/mol. The summed E-state index contributed by atoms with van der Waals surface area (Å²) in [6.45, 7) is 1.78. The van der Waals surface area contributed by atoms with Crippen molar-refractivity contribution in [1.82, 2.24) is 4.37 Å². The first kappa shape index (κ1) is 29.0. The largest absolute Gasteiger partial charge is 1.00 e. The SMILES string of the molecule is C[C@@H](OC(=O)Nc1cnsc1-c1ccc(-c2ccc(C3([C-]=O)CC3)cc2)cc1)c1ccccc1Cl.[Na+].[OH-]. The number of nitrogens with one attached hydrogen (secondary N) is 1. The Labute approximate surface area is 246 Å². The van der Waals surface area contributed by atoms with Crippen molar-refractivity contribution in [3.63, 3.8) is 0 Å². The molecule has 9 heteroatoms. The number of carbonyl (C=O) groups is 1. The molecule has 184 valence electrons. The molecule has 1 amide bonds. The van der Waals surface area contributed by atoms with Gasteiger partial charge in [0.1, 0.15) is 6.10 Å². The van der Waals surface area contributed by atoms with Crippen molar-refractivity contribution in [3.8, 4) is 21.6 Å². The maximum Gasteiger partial charge on any atom is 1.00 e. The van der Waals surface area contributed by atoms with Crippen molar-refractivity contribution < 1.29 is 49.4 Å². The molecule has 4 aromatic rings. The van der Waals surface area contributed by atoms with E-state index in [-0.39, 0.29) is 40.4 Å². The summed E-state index contributed by atoms with van der Waals surface area (Å²) in [6.07, 6.45) is 4.49. The maximum absolute atomic E-state index is 12.5. The first-order chi connectivity index (χ1) is 17.0. The molecule has 2 N–H and O–H groups in total. The van der Waals surface area contributed by atoms with Gasteiger partial charge in [0, 0.05) is 10.6 Å². The van der Waals surface area contributed by atoms with E-state index in [1.165, 1.54) is 11.5 Å². The van der Waals surface area contributed by atoms with Crippen molar-refractivity contribution in [2.24, 2.45) is 0 Å². The summed E-state index contributed by atoms with van der Waals surface area (Å²) in [5.74, 6) is 0. The fourth-order valence-corrected chi connectivity index (χ4v) is 5.07. The number of hydrogen-bond donors (Lipinski definition) is 1. The number of benzene rings is 3. The van der Waals surface area contributed by atoms with E-state index < -0.39 is 12.2 Å². The number of ether oxygens (including phenoxy) is 1. The zero-order valence-electron chi connectivity index (χ0n) is 20.4. The van der Waals surface area contributed by atoms with Crippen LogP contribution in [0, 0.1) is 0 Å². The van der Waals surface area contributed by atoms with Gasteiger partial charge in [0.2, 0.25) is 0 Å². The van der Waals surface area contributed by atoms with Gasteiger partial charge in [0.25, 0.3) is 0 Å². The van der Waals surface area contributed by atoms with Crippen LogP contribution >= 0.6 is 23.1 Å². The Hall–Kier alpha value is -2.52. The third kappa shape index (κ3) is 6.32. The summed E-state index contributed by atoms with van der Waals surface area (Å²) < 4.78 is 9.77. The van der Waals surface area contributed by atoms with Gasteiger partial charge in [-0.05, 0) is 41.2 Å². The molecule has 1 aliphatic carbocycles. The van der Waals surface area contributed by atoms with E-state index in [4.69, 9.17) is 16.3 Å². The van der Waals surface area contributed by atoms with Crippen molar-refractivity contribution in [1.29, 1.82) is 0 Å². The summed E-state index contributed by atoms with van der Waals surface area (Å²) in [4.78, 5) is 24.6. The first-order valence-electron chi connectivity index (χ1n) is 11.3. The van der Waals surface area contributed by atoms with Gasteiger partial charge in [-0.3, -0.25) is 11.6 Å². The standard InChI is InChI=1S/C28H22ClN2O3S.Na.H2O/c1-18(23-4-2-3-5-24(23)29)34-27(33)31-25-16-30-35-26(25)21-8-6-19(7-9-21)20-10-12-22(13-11-20)28(17-32)14-15-28;;/h2-13,16,18H,14-15H2,1H3,(H,31,33);;1H2/q-1;+1;/p-1/t18-;;/m1../s1. The summed E-state index contributed by atoms with van der Waals surface area (Å²) in [5, 5.41) is 3.35. The van der Waals surface area contributed by atoms with Crippen LogP contribution < -0.4 is 34.9 Å². The molecule has 1 saturated carbocycles. The number of nitrogens with zero attached hydrogens (tertiary/aromatic N) is 1. The van der Waals surface area contributed by atoms with E-state index in [2.05, 4.69) is 16.0 Å². The molecule has 0 unspecified atom stereocenters. The Morgan fingerprint density at radius 3 is 2.22 bits per heavy atom. The van der Waals surface area contributed by atoms with Gasteiger partial charge in [-0.1, -0.05) is 96.7 Å². The van der Waals surface area contributed by atoms with Gasteiger partial charge >= 0.3 is 35.7 Å². The fourth-order valence-electron chi connectivity index (χ4n) is 4.08. The van der Waals surface area contributed by atoms with E-state index in [1.807, 2.05) is 66.7 Å². The minimum Gasteiger partial charge on any atom is -0.870 e. The zero-order chi connectivity index (χ0) is 24.4. The number of rotatable bonds is 7. The number of anilines is 1. The molecule has 0 aliphatic heterocycles. The molecule has 1 fully saturated rings. The summed E-state index contributed by atoms with van der Waals surface area (Å²) in [7, 11) is 0.